The summed E-state index contributed by atoms with van der Waals surface area (Å²) in [6, 6.07) is 1.99. The van der Waals surface area contributed by atoms with E-state index in [1.54, 1.807) is 4.68 Å². The highest BCUT2D eigenvalue weighted by Crippen LogP contribution is 2.16. The zero-order valence-electron chi connectivity index (χ0n) is 7.48. The summed E-state index contributed by atoms with van der Waals surface area (Å²) >= 11 is 5.61. The molecule has 0 bridgehead atoms. The number of rotatable bonds is 2. The van der Waals surface area contributed by atoms with E-state index in [-0.39, 0.29) is 0 Å². The zero-order valence-corrected chi connectivity index (χ0v) is 11.2. The number of aryl methyl sites for hydroxylation is 1. The molecule has 2 aromatic heterocycles. The van der Waals surface area contributed by atoms with Gasteiger partial charge in [-0.25, -0.2) is 0 Å². The predicted octanol–water partition coefficient (Wildman–Crippen LogP) is 2.03. The van der Waals surface area contributed by atoms with Gasteiger partial charge in [0.25, 0.3) is 0 Å². The van der Waals surface area contributed by atoms with Crippen molar-refractivity contribution >= 4 is 38.5 Å². The highest BCUT2D eigenvalue weighted by Gasteiger charge is 2.04. The van der Waals surface area contributed by atoms with E-state index >= 15 is 0 Å². The lowest BCUT2D eigenvalue weighted by atomic mass is 10.4. The number of nitrogens with zero attached hydrogens (tertiary/aromatic N) is 4. The molecule has 74 valence electrons. The molecule has 0 aliphatic heterocycles. The maximum Gasteiger partial charge on any atom is 0.137 e. The average Bonchev–Trinajstić information content (AvgIpc) is 2.62. The van der Waals surface area contributed by atoms with Crippen molar-refractivity contribution in [1.82, 2.24) is 19.6 Å². The largest absolute Gasteiger partial charge is 0.275 e. The first-order valence-corrected chi connectivity index (χ1v) is 5.89. The van der Waals surface area contributed by atoms with Crippen LogP contribution >= 0.6 is 38.5 Å². The van der Waals surface area contributed by atoms with Gasteiger partial charge in [-0.3, -0.25) is 9.36 Å². The van der Waals surface area contributed by atoms with E-state index in [2.05, 4.69) is 48.7 Å². The molecule has 0 fully saturated rings. The monoisotopic (exact) mass is 366 g/mol. The Morgan fingerprint density at radius 3 is 2.79 bits per heavy atom. The second-order valence-corrected chi connectivity index (χ2v) is 4.82. The van der Waals surface area contributed by atoms with E-state index in [9.17, 15) is 0 Å². The first kappa shape index (κ1) is 10.2. The molecule has 4 nitrogen and oxygen atoms in total. The number of aromatic nitrogens is 4. The van der Waals surface area contributed by atoms with Gasteiger partial charge >= 0.3 is 0 Å². The molecule has 2 heterocycles. The zero-order chi connectivity index (χ0) is 10.1. The Morgan fingerprint density at radius 2 is 2.29 bits per heavy atom. The van der Waals surface area contributed by atoms with Gasteiger partial charge in [-0.2, -0.15) is 10.2 Å². The Kier molecular flexibility index (Phi) is 2.91. The summed E-state index contributed by atoms with van der Waals surface area (Å²) in [6.45, 7) is 0.711. The van der Waals surface area contributed by atoms with Crippen molar-refractivity contribution in [1.29, 1.82) is 0 Å². The molecule has 2 rings (SSSR count). The summed E-state index contributed by atoms with van der Waals surface area (Å²) in [6.07, 6.45) is 3.88. The summed E-state index contributed by atoms with van der Waals surface area (Å²) in [4.78, 5) is 0. The molecular formula is C8H8BrIN4. The molecule has 0 saturated carbocycles. The molecule has 0 aliphatic carbocycles. The van der Waals surface area contributed by atoms with Crippen molar-refractivity contribution in [2.75, 3.05) is 0 Å². The first-order chi connectivity index (χ1) is 6.65. The van der Waals surface area contributed by atoms with Crippen molar-refractivity contribution in [2.45, 2.75) is 6.54 Å². The van der Waals surface area contributed by atoms with Crippen LogP contribution < -0.4 is 0 Å². The Morgan fingerprint density at radius 1 is 1.50 bits per heavy atom. The second-order valence-electron chi connectivity index (χ2n) is 2.95. The van der Waals surface area contributed by atoms with Crippen LogP contribution in [0.2, 0.25) is 0 Å². The fraction of sp³-hybridized carbons (Fsp3) is 0.250. The summed E-state index contributed by atoms with van der Waals surface area (Å²) in [7, 11) is 1.91. The Labute approximate surface area is 104 Å². The van der Waals surface area contributed by atoms with Gasteiger partial charge in [0.2, 0.25) is 0 Å². The Bertz CT molecular complexity index is 428. The topological polar surface area (TPSA) is 35.6 Å². The first-order valence-electron chi connectivity index (χ1n) is 4.02. The molecule has 0 amide bonds. The lowest BCUT2D eigenvalue weighted by molar-refractivity contribution is 0.646. The van der Waals surface area contributed by atoms with Crippen molar-refractivity contribution < 1.29 is 0 Å². The van der Waals surface area contributed by atoms with Gasteiger partial charge < -0.3 is 0 Å². The van der Waals surface area contributed by atoms with E-state index in [0.717, 1.165) is 13.9 Å². The van der Waals surface area contributed by atoms with Crippen LogP contribution in [0, 0.1) is 3.70 Å². The molecule has 0 unspecified atom stereocenters. The summed E-state index contributed by atoms with van der Waals surface area (Å²) in [5.41, 5.74) is 1.01. The molecule has 0 aliphatic rings. The summed E-state index contributed by atoms with van der Waals surface area (Å²) in [5.74, 6) is 0. The lowest BCUT2D eigenvalue weighted by Gasteiger charge is -1.95. The van der Waals surface area contributed by atoms with Crippen LogP contribution in [0.3, 0.4) is 0 Å². The fourth-order valence-electron chi connectivity index (χ4n) is 1.17. The highest BCUT2D eigenvalue weighted by atomic mass is 127. The third-order valence-corrected chi connectivity index (χ3v) is 3.89. The SMILES string of the molecule is Cn1ccc(Cn2cc(Br)c(I)n2)n1. The molecule has 6 heteroatoms. The molecule has 0 radical (unpaired) electrons. The van der Waals surface area contributed by atoms with Crippen molar-refractivity contribution in [3.05, 3.63) is 32.3 Å². The highest BCUT2D eigenvalue weighted by molar-refractivity contribution is 14.1. The minimum atomic E-state index is 0.711. The van der Waals surface area contributed by atoms with Gasteiger partial charge in [-0.1, -0.05) is 0 Å². The van der Waals surface area contributed by atoms with E-state index < -0.39 is 0 Å². The lowest BCUT2D eigenvalue weighted by Crippen LogP contribution is -2.01. The smallest absolute Gasteiger partial charge is 0.137 e. The molecule has 0 aromatic carbocycles. The van der Waals surface area contributed by atoms with Crippen LogP contribution in [0.4, 0.5) is 0 Å². The number of hydrogen-bond donors (Lipinski definition) is 0. The summed E-state index contributed by atoms with van der Waals surface area (Å²) < 4.78 is 5.65. The van der Waals surface area contributed by atoms with Gasteiger partial charge in [-0.15, -0.1) is 0 Å². The minimum Gasteiger partial charge on any atom is -0.275 e. The molecule has 0 N–H and O–H groups in total. The fourth-order valence-corrected chi connectivity index (χ4v) is 1.90. The summed E-state index contributed by atoms with van der Waals surface area (Å²) in [5, 5.41) is 8.60. The average molecular weight is 367 g/mol. The van der Waals surface area contributed by atoms with Crippen LogP contribution in [0.15, 0.2) is 22.9 Å². The van der Waals surface area contributed by atoms with Gasteiger partial charge in [0.15, 0.2) is 0 Å². The second kappa shape index (κ2) is 4.01. The predicted molar refractivity (Wildman–Crippen MR) is 65.0 cm³/mol. The van der Waals surface area contributed by atoms with Crippen LogP contribution in [0.5, 0.6) is 0 Å². The van der Waals surface area contributed by atoms with E-state index in [1.807, 2.05) is 30.2 Å². The maximum atomic E-state index is 4.32. The van der Waals surface area contributed by atoms with E-state index in [0.29, 0.717) is 6.54 Å². The van der Waals surface area contributed by atoms with Crippen molar-refractivity contribution in [2.24, 2.45) is 7.05 Å². The van der Waals surface area contributed by atoms with Gasteiger partial charge in [-0.05, 0) is 44.6 Å². The minimum absolute atomic E-state index is 0.711. The third kappa shape index (κ3) is 2.17. The number of hydrogen-bond acceptors (Lipinski definition) is 2. The van der Waals surface area contributed by atoms with Gasteiger partial charge in [0.05, 0.1) is 16.7 Å². The van der Waals surface area contributed by atoms with E-state index in [1.165, 1.54) is 0 Å². The molecule has 0 saturated heterocycles. The van der Waals surface area contributed by atoms with Gasteiger partial charge in [0, 0.05) is 19.4 Å². The standard InChI is InChI=1S/C8H8BrIN4/c1-13-3-2-6(11-13)4-14-5-7(9)8(10)12-14/h2-3,5H,4H2,1H3. The molecular weight excluding hydrogens is 359 g/mol. The van der Waals surface area contributed by atoms with Crippen molar-refractivity contribution in [3.63, 3.8) is 0 Å². The van der Waals surface area contributed by atoms with Crippen LogP contribution in [0.1, 0.15) is 5.69 Å². The number of halogens is 2. The normalized spacial score (nSPS) is 10.8. The molecule has 0 spiro atoms. The molecule has 2 aromatic rings. The molecule has 0 atom stereocenters. The molecule has 14 heavy (non-hydrogen) atoms. The Balaban J connectivity index is 2.18. The van der Waals surface area contributed by atoms with E-state index in [4.69, 9.17) is 0 Å². The van der Waals surface area contributed by atoms with Crippen LogP contribution in [-0.4, -0.2) is 19.6 Å². The Hall–Kier alpha value is -0.370. The van der Waals surface area contributed by atoms with Crippen molar-refractivity contribution in [3.8, 4) is 0 Å². The van der Waals surface area contributed by atoms with Gasteiger partial charge in [0.1, 0.15) is 3.70 Å². The maximum absolute atomic E-state index is 4.32. The third-order valence-electron chi connectivity index (χ3n) is 1.77. The quantitative estimate of drug-likeness (QED) is 0.762. The van der Waals surface area contributed by atoms with Crippen LogP contribution in [-0.2, 0) is 13.6 Å². The van der Waals surface area contributed by atoms with Crippen LogP contribution in [0.25, 0.3) is 0 Å².